The summed E-state index contributed by atoms with van der Waals surface area (Å²) in [5, 5.41) is 10.5. The Labute approximate surface area is 193 Å². The number of ether oxygens (including phenoxy) is 1. The molecular weight excluding hydrogens is 448 g/mol. The summed E-state index contributed by atoms with van der Waals surface area (Å²) >= 11 is 2.75. The van der Waals surface area contributed by atoms with Gasteiger partial charge in [0.25, 0.3) is 5.91 Å². The van der Waals surface area contributed by atoms with Crippen molar-refractivity contribution in [2.45, 2.75) is 12.7 Å². The van der Waals surface area contributed by atoms with Gasteiger partial charge in [0.1, 0.15) is 5.75 Å². The molecule has 3 N–H and O–H groups in total. The van der Waals surface area contributed by atoms with Gasteiger partial charge in [-0.2, -0.15) is 0 Å². The molecule has 10 heteroatoms. The van der Waals surface area contributed by atoms with Crippen LogP contribution in [0, 0.1) is 0 Å². The molecule has 0 radical (unpaired) electrons. The number of thiazole rings is 1. The van der Waals surface area contributed by atoms with E-state index in [1.165, 1.54) is 30.0 Å². The fourth-order valence-electron chi connectivity index (χ4n) is 2.54. The van der Waals surface area contributed by atoms with E-state index in [1.807, 2.05) is 23.6 Å². The van der Waals surface area contributed by atoms with E-state index in [9.17, 15) is 14.4 Å². The quantitative estimate of drug-likeness (QED) is 0.413. The number of carbonyl (C=O) groups excluding carboxylic acids is 3. The van der Waals surface area contributed by atoms with Crippen molar-refractivity contribution < 1.29 is 19.1 Å². The second-order valence-corrected chi connectivity index (χ2v) is 8.44. The maximum absolute atomic E-state index is 12.1. The first-order chi connectivity index (χ1) is 15.5. The van der Waals surface area contributed by atoms with Crippen LogP contribution in [-0.4, -0.2) is 35.1 Å². The second kappa shape index (κ2) is 11.9. The molecule has 0 saturated heterocycles. The van der Waals surface area contributed by atoms with Gasteiger partial charge in [-0.1, -0.05) is 18.2 Å². The Morgan fingerprint density at radius 3 is 2.31 bits per heavy atom. The minimum atomic E-state index is -0.286. The molecule has 0 fully saturated rings. The van der Waals surface area contributed by atoms with Crippen LogP contribution in [0.1, 0.15) is 12.6 Å². The van der Waals surface area contributed by atoms with E-state index in [1.54, 1.807) is 36.4 Å². The Morgan fingerprint density at radius 2 is 1.62 bits per heavy atom. The van der Waals surface area contributed by atoms with Gasteiger partial charge in [-0.25, -0.2) is 4.98 Å². The van der Waals surface area contributed by atoms with Crippen molar-refractivity contribution in [1.29, 1.82) is 0 Å². The first-order valence-corrected chi connectivity index (χ1v) is 11.7. The summed E-state index contributed by atoms with van der Waals surface area (Å²) in [6.45, 7) is 1.34. The van der Waals surface area contributed by atoms with Crippen LogP contribution < -0.4 is 20.7 Å². The van der Waals surface area contributed by atoms with Crippen LogP contribution in [0.5, 0.6) is 5.75 Å². The molecule has 166 valence electrons. The van der Waals surface area contributed by atoms with E-state index >= 15 is 0 Å². The van der Waals surface area contributed by atoms with Crippen molar-refractivity contribution in [3.05, 3.63) is 65.7 Å². The van der Waals surface area contributed by atoms with Crippen molar-refractivity contribution in [3.63, 3.8) is 0 Å². The summed E-state index contributed by atoms with van der Waals surface area (Å²) in [5.74, 6) is 0.860. The summed E-state index contributed by atoms with van der Waals surface area (Å²) in [5.41, 5.74) is 2.11. The van der Waals surface area contributed by atoms with E-state index in [2.05, 4.69) is 20.9 Å². The number of para-hydroxylation sites is 1. The van der Waals surface area contributed by atoms with Gasteiger partial charge in [0, 0.05) is 29.4 Å². The predicted molar refractivity (Wildman–Crippen MR) is 128 cm³/mol. The Bertz CT molecular complexity index is 1060. The number of carbonyl (C=O) groups is 3. The SMILES string of the molecule is CC(=O)Nc1ccc(NC(=O)CSCc2csc(NC(=O)COc3ccccc3)n2)cc1. The molecule has 0 saturated carbocycles. The third kappa shape index (κ3) is 8.05. The van der Waals surface area contributed by atoms with Gasteiger partial charge in [0.2, 0.25) is 11.8 Å². The van der Waals surface area contributed by atoms with Crippen LogP contribution >= 0.6 is 23.1 Å². The minimum absolute atomic E-state index is 0.0976. The first-order valence-electron chi connectivity index (χ1n) is 9.65. The molecule has 1 heterocycles. The van der Waals surface area contributed by atoms with Gasteiger partial charge in [-0.05, 0) is 36.4 Å². The molecule has 3 aromatic rings. The Balaban J connectivity index is 1.36. The lowest BCUT2D eigenvalue weighted by Gasteiger charge is -2.06. The molecule has 1 aromatic heterocycles. The van der Waals surface area contributed by atoms with Crippen LogP contribution in [0.25, 0.3) is 0 Å². The molecule has 3 rings (SSSR count). The number of hydrogen-bond acceptors (Lipinski definition) is 7. The molecule has 8 nitrogen and oxygen atoms in total. The number of rotatable bonds is 10. The number of nitrogens with zero attached hydrogens (tertiary/aromatic N) is 1. The zero-order chi connectivity index (χ0) is 22.8. The maximum atomic E-state index is 12.1. The van der Waals surface area contributed by atoms with Crippen LogP contribution in [0.15, 0.2) is 60.0 Å². The Hall–Kier alpha value is -3.37. The molecule has 2 aromatic carbocycles. The van der Waals surface area contributed by atoms with Crippen molar-refractivity contribution in [1.82, 2.24) is 4.98 Å². The van der Waals surface area contributed by atoms with Crippen molar-refractivity contribution in [3.8, 4) is 5.75 Å². The van der Waals surface area contributed by atoms with Crippen LogP contribution in [0.3, 0.4) is 0 Å². The average molecular weight is 471 g/mol. The van der Waals surface area contributed by atoms with E-state index in [0.717, 1.165) is 5.69 Å². The molecule has 0 bridgehead atoms. The van der Waals surface area contributed by atoms with Gasteiger partial charge in [-0.15, -0.1) is 23.1 Å². The van der Waals surface area contributed by atoms with Gasteiger partial charge >= 0.3 is 0 Å². The summed E-state index contributed by atoms with van der Waals surface area (Å²) in [6, 6.07) is 16.0. The topological polar surface area (TPSA) is 109 Å². The highest BCUT2D eigenvalue weighted by molar-refractivity contribution is 7.99. The van der Waals surface area contributed by atoms with Gasteiger partial charge < -0.3 is 15.4 Å². The molecule has 32 heavy (non-hydrogen) atoms. The molecule has 0 aliphatic heterocycles. The van der Waals surface area contributed by atoms with Crippen molar-refractivity contribution in [2.24, 2.45) is 0 Å². The maximum Gasteiger partial charge on any atom is 0.264 e. The van der Waals surface area contributed by atoms with Crippen LogP contribution in [0.2, 0.25) is 0 Å². The summed E-state index contributed by atoms with van der Waals surface area (Å²) < 4.78 is 5.41. The van der Waals surface area contributed by atoms with Crippen LogP contribution in [0.4, 0.5) is 16.5 Å². The zero-order valence-corrected chi connectivity index (χ0v) is 18.9. The predicted octanol–water partition coefficient (Wildman–Crippen LogP) is 3.99. The minimum Gasteiger partial charge on any atom is -0.484 e. The molecule has 0 spiro atoms. The van der Waals surface area contributed by atoms with Crippen molar-refractivity contribution >= 4 is 57.3 Å². The van der Waals surface area contributed by atoms with Crippen molar-refractivity contribution in [2.75, 3.05) is 28.3 Å². The molecular formula is C22H22N4O4S2. The fourth-order valence-corrected chi connectivity index (χ4v) is 4.09. The first kappa shape index (κ1) is 23.3. The van der Waals surface area contributed by atoms with Crippen LogP contribution in [-0.2, 0) is 20.1 Å². The second-order valence-electron chi connectivity index (χ2n) is 6.59. The van der Waals surface area contributed by atoms with E-state index in [-0.39, 0.29) is 30.1 Å². The zero-order valence-electron chi connectivity index (χ0n) is 17.3. The lowest BCUT2D eigenvalue weighted by atomic mass is 10.3. The largest absolute Gasteiger partial charge is 0.484 e. The number of thioether (sulfide) groups is 1. The monoisotopic (exact) mass is 470 g/mol. The van der Waals surface area contributed by atoms with E-state index in [0.29, 0.717) is 28.0 Å². The Morgan fingerprint density at radius 1 is 0.938 bits per heavy atom. The summed E-state index contributed by atoms with van der Waals surface area (Å²) in [6.07, 6.45) is 0. The molecule has 0 aliphatic carbocycles. The Kier molecular flexibility index (Phi) is 8.64. The number of aromatic nitrogens is 1. The number of anilines is 3. The van der Waals surface area contributed by atoms with Gasteiger partial charge in [0.05, 0.1) is 11.4 Å². The van der Waals surface area contributed by atoms with Gasteiger partial charge in [0.15, 0.2) is 11.7 Å². The highest BCUT2D eigenvalue weighted by Gasteiger charge is 2.09. The third-order valence-corrected chi connectivity index (χ3v) is 5.66. The molecule has 0 unspecified atom stereocenters. The normalized spacial score (nSPS) is 10.3. The molecule has 0 aliphatic rings. The fraction of sp³-hybridized carbons (Fsp3) is 0.182. The lowest BCUT2D eigenvalue weighted by Crippen LogP contribution is -2.20. The molecule has 0 atom stereocenters. The highest BCUT2D eigenvalue weighted by Crippen LogP contribution is 2.20. The van der Waals surface area contributed by atoms with E-state index < -0.39 is 0 Å². The standard InChI is InChI=1S/C22H22N4O4S2/c1-15(27)23-16-7-9-17(10-8-16)24-21(29)14-31-12-18-13-32-22(25-18)26-20(28)11-30-19-5-3-2-4-6-19/h2-10,13H,11-12,14H2,1H3,(H,23,27)(H,24,29)(H,25,26,28). The van der Waals surface area contributed by atoms with Gasteiger partial charge in [-0.3, -0.25) is 19.7 Å². The molecule has 3 amide bonds. The number of nitrogens with one attached hydrogen (secondary N) is 3. The lowest BCUT2D eigenvalue weighted by molar-refractivity contribution is -0.118. The summed E-state index contributed by atoms with van der Waals surface area (Å²) in [7, 11) is 0. The average Bonchev–Trinajstić information content (AvgIpc) is 3.21. The third-order valence-electron chi connectivity index (χ3n) is 3.88. The highest BCUT2D eigenvalue weighted by atomic mass is 32.2. The number of benzene rings is 2. The van der Waals surface area contributed by atoms with E-state index in [4.69, 9.17) is 4.74 Å². The number of amides is 3. The smallest absolute Gasteiger partial charge is 0.264 e. The summed E-state index contributed by atoms with van der Waals surface area (Å²) in [4.78, 5) is 39.5. The number of hydrogen-bond donors (Lipinski definition) is 3.